The Hall–Kier alpha value is -2.23. The molecule has 0 saturated carbocycles. The van der Waals surface area contributed by atoms with Gasteiger partial charge in [0, 0.05) is 31.0 Å². The maximum Gasteiger partial charge on any atom is 0.123 e. The zero-order chi connectivity index (χ0) is 13.8. The van der Waals surface area contributed by atoms with Gasteiger partial charge >= 0.3 is 0 Å². The van der Waals surface area contributed by atoms with Crippen molar-refractivity contribution in [3.63, 3.8) is 0 Å². The van der Waals surface area contributed by atoms with E-state index in [1.54, 1.807) is 25.3 Å². The van der Waals surface area contributed by atoms with Crippen molar-refractivity contribution in [2.45, 2.75) is 6.54 Å². The van der Waals surface area contributed by atoms with E-state index in [1.165, 1.54) is 12.1 Å². The molecular formula is C15H17FN2O. The molecule has 0 heterocycles. The third kappa shape index (κ3) is 3.37. The summed E-state index contributed by atoms with van der Waals surface area (Å²) in [5, 5.41) is 0. The largest absolute Gasteiger partial charge is 0.497 e. The Balaban J connectivity index is 2.16. The van der Waals surface area contributed by atoms with E-state index in [0.717, 1.165) is 17.0 Å². The summed E-state index contributed by atoms with van der Waals surface area (Å²) in [5.41, 5.74) is 8.48. The Bertz CT molecular complexity index is 555. The predicted molar refractivity (Wildman–Crippen MR) is 75.9 cm³/mol. The van der Waals surface area contributed by atoms with Crippen molar-refractivity contribution in [2.75, 3.05) is 24.8 Å². The number of hydrogen-bond acceptors (Lipinski definition) is 3. The van der Waals surface area contributed by atoms with Gasteiger partial charge in [-0.25, -0.2) is 4.39 Å². The van der Waals surface area contributed by atoms with Gasteiger partial charge in [-0.15, -0.1) is 0 Å². The average molecular weight is 260 g/mol. The van der Waals surface area contributed by atoms with Gasteiger partial charge in [-0.2, -0.15) is 0 Å². The maximum atomic E-state index is 12.9. The van der Waals surface area contributed by atoms with Crippen LogP contribution in [0, 0.1) is 5.82 Å². The van der Waals surface area contributed by atoms with Crippen molar-refractivity contribution >= 4 is 11.4 Å². The minimum Gasteiger partial charge on any atom is -0.497 e. The second-order valence-electron chi connectivity index (χ2n) is 4.45. The van der Waals surface area contributed by atoms with Crippen molar-refractivity contribution in [3.8, 4) is 5.75 Å². The molecule has 2 rings (SSSR count). The summed E-state index contributed by atoms with van der Waals surface area (Å²) in [4.78, 5) is 2.02. The van der Waals surface area contributed by atoms with Crippen LogP contribution in [-0.2, 0) is 6.54 Å². The summed E-state index contributed by atoms with van der Waals surface area (Å²) in [6.45, 7) is 0.674. The minimum absolute atomic E-state index is 0.234. The molecule has 0 radical (unpaired) electrons. The molecule has 0 aliphatic carbocycles. The highest BCUT2D eigenvalue weighted by molar-refractivity contribution is 5.50. The van der Waals surface area contributed by atoms with E-state index in [1.807, 2.05) is 24.1 Å². The van der Waals surface area contributed by atoms with Crippen LogP contribution in [0.3, 0.4) is 0 Å². The average Bonchev–Trinajstić information content (AvgIpc) is 2.38. The lowest BCUT2D eigenvalue weighted by atomic mass is 10.1. The number of ether oxygens (including phenoxy) is 1. The monoisotopic (exact) mass is 260 g/mol. The Morgan fingerprint density at radius 1 is 1.16 bits per heavy atom. The number of nitrogens with zero attached hydrogens (tertiary/aromatic N) is 1. The van der Waals surface area contributed by atoms with Crippen molar-refractivity contribution in [1.82, 2.24) is 0 Å². The highest BCUT2D eigenvalue weighted by Crippen LogP contribution is 2.21. The third-order valence-corrected chi connectivity index (χ3v) is 2.91. The van der Waals surface area contributed by atoms with Crippen molar-refractivity contribution in [2.24, 2.45) is 0 Å². The van der Waals surface area contributed by atoms with Gasteiger partial charge in [0.1, 0.15) is 11.6 Å². The first-order valence-corrected chi connectivity index (χ1v) is 5.98. The van der Waals surface area contributed by atoms with E-state index >= 15 is 0 Å². The number of rotatable bonds is 4. The number of hydrogen-bond donors (Lipinski definition) is 1. The van der Waals surface area contributed by atoms with Gasteiger partial charge in [-0.05, 0) is 42.0 Å². The molecule has 0 unspecified atom stereocenters. The Labute approximate surface area is 112 Å². The quantitative estimate of drug-likeness (QED) is 0.859. The van der Waals surface area contributed by atoms with Gasteiger partial charge < -0.3 is 15.4 Å². The molecule has 0 fully saturated rings. The molecule has 0 saturated heterocycles. The molecule has 0 aliphatic heterocycles. The van der Waals surface area contributed by atoms with E-state index in [9.17, 15) is 4.39 Å². The van der Waals surface area contributed by atoms with Crippen LogP contribution in [0.25, 0.3) is 0 Å². The van der Waals surface area contributed by atoms with Gasteiger partial charge in [0.2, 0.25) is 0 Å². The second kappa shape index (κ2) is 5.61. The smallest absolute Gasteiger partial charge is 0.123 e. The molecule has 19 heavy (non-hydrogen) atoms. The first-order valence-electron chi connectivity index (χ1n) is 5.98. The number of anilines is 2. The molecule has 3 nitrogen and oxygen atoms in total. The van der Waals surface area contributed by atoms with Gasteiger partial charge in [0.25, 0.3) is 0 Å². The van der Waals surface area contributed by atoms with E-state index in [4.69, 9.17) is 10.5 Å². The lowest BCUT2D eigenvalue weighted by Gasteiger charge is -2.20. The van der Waals surface area contributed by atoms with E-state index in [-0.39, 0.29) is 5.82 Å². The minimum atomic E-state index is -0.234. The predicted octanol–water partition coefficient (Wildman–Crippen LogP) is 3.05. The third-order valence-electron chi connectivity index (χ3n) is 2.91. The fourth-order valence-corrected chi connectivity index (χ4v) is 1.96. The molecule has 0 atom stereocenters. The molecule has 0 aromatic heterocycles. The number of halogens is 1. The summed E-state index contributed by atoms with van der Waals surface area (Å²) in [5.74, 6) is 0.505. The van der Waals surface area contributed by atoms with Crippen LogP contribution in [0.5, 0.6) is 5.75 Å². The fourth-order valence-electron chi connectivity index (χ4n) is 1.96. The number of methoxy groups -OCH3 is 1. The molecule has 2 aromatic carbocycles. The van der Waals surface area contributed by atoms with Crippen LogP contribution in [0.15, 0.2) is 42.5 Å². The van der Waals surface area contributed by atoms with Crippen LogP contribution >= 0.6 is 0 Å². The summed E-state index contributed by atoms with van der Waals surface area (Å²) < 4.78 is 18.1. The van der Waals surface area contributed by atoms with Crippen LogP contribution < -0.4 is 15.4 Å². The van der Waals surface area contributed by atoms with Crippen LogP contribution in [0.1, 0.15) is 5.56 Å². The second-order valence-corrected chi connectivity index (χ2v) is 4.45. The lowest BCUT2D eigenvalue weighted by Crippen LogP contribution is -2.16. The highest BCUT2D eigenvalue weighted by Gasteiger charge is 2.05. The topological polar surface area (TPSA) is 38.5 Å². The number of benzene rings is 2. The maximum absolute atomic E-state index is 12.9. The van der Waals surface area contributed by atoms with Crippen LogP contribution in [-0.4, -0.2) is 14.2 Å². The summed E-state index contributed by atoms with van der Waals surface area (Å²) in [6, 6.07) is 12.0. The molecule has 0 spiro atoms. The van der Waals surface area contributed by atoms with Gasteiger partial charge in [0.15, 0.2) is 0 Å². The highest BCUT2D eigenvalue weighted by atomic mass is 19.1. The molecule has 2 N–H and O–H groups in total. The van der Waals surface area contributed by atoms with Crippen molar-refractivity contribution < 1.29 is 9.13 Å². The van der Waals surface area contributed by atoms with Crippen molar-refractivity contribution in [3.05, 3.63) is 53.8 Å². The van der Waals surface area contributed by atoms with Crippen LogP contribution in [0.2, 0.25) is 0 Å². The zero-order valence-electron chi connectivity index (χ0n) is 11.1. The summed E-state index contributed by atoms with van der Waals surface area (Å²) in [6.07, 6.45) is 0. The van der Waals surface area contributed by atoms with E-state index in [0.29, 0.717) is 12.2 Å². The molecule has 0 bridgehead atoms. The first kappa shape index (κ1) is 13.2. The molecule has 0 aliphatic rings. The standard InChI is InChI=1S/C15H17FN2O/c1-18(14-5-3-12(16)4-6-14)10-11-7-13(17)9-15(8-11)19-2/h3-9H,10,17H2,1-2H3. The molecule has 100 valence electrons. The van der Waals surface area contributed by atoms with E-state index in [2.05, 4.69) is 0 Å². The van der Waals surface area contributed by atoms with Gasteiger partial charge in [-0.3, -0.25) is 0 Å². The number of nitrogen functional groups attached to an aromatic ring is 1. The Kier molecular flexibility index (Phi) is 3.90. The summed E-state index contributed by atoms with van der Waals surface area (Å²) >= 11 is 0. The molecule has 0 amide bonds. The SMILES string of the molecule is COc1cc(N)cc(CN(C)c2ccc(F)cc2)c1. The molecule has 4 heteroatoms. The van der Waals surface area contributed by atoms with Gasteiger partial charge in [-0.1, -0.05) is 0 Å². The number of nitrogens with two attached hydrogens (primary N) is 1. The fraction of sp³-hybridized carbons (Fsp3) is 0.200. The van der Waals surface area contributed by atoms with E-state index < -0.39 is 0 Å². The molecule has 2 aromatic rings. The zero-order valence-corrected chi connectivity index (χ0v) is 11.1. The normalized spacial score (nSPS) is 10.3. The van der Waals surface area contributed by atoms with Crippen LogP contribution in [0.4, 0.5) is 15.8 Å². The first-order chi connectivity index (χ1) is 9.08. The Morgan fingerprint density at radius 2 is 1.84 bits per heavy atom. The Morgan fingerprint density at radius 3 is 2.47 bits per heavy atom. The van der Waals surface area contributed by atoms with Gasteiger partial charge in [0.05, 0.1) is 7.11 Å². The summed E-state index contributed by atoms with van der Waals surface area (Å²) in [7, 11) is 3.56. The van der Waals surface area contributed by atoms with Crippen molar-refractivity contribution in [1.29, 1.82) is 0 Å². The molecular weight excluding hydrogens is 243 g/mol. The lowest BCUT2D eigenvalue weighted by molar-refractivity contribution is 0.414.